The van der Waals surface area contributed by atoms with E-state index < -0.39 is 0 Å². The van der Waals surface area contributed by atoms with E-state index in [2.05, 4.69) is 5.32 Å². The second-order valence-electron chi connectivity index (χ2n) is 5.78. The van der Waals surface area contributed by atoms with Crippen molar-refractivity contribution < 1.29 is 9.53 Å². The minimum atomic E-state index is -0.0247. The first-order valence-corrected chi connectivity index (χ1v) is 9.89. The van der Waals surface area contributed by atoms with Gasteiger partial charge in [0.2, 0.25) is 5.91 Å². The summed E-state index contributed by atoms with van der Waals surface area (Å²) in [5.41, 5.74) is 1.87. The fourth-order valence-electron chi connectivity index (χ4n) is 2.17. The topological polar surface area (TPSA) is 38.3 Å². The lowest BCUT2D eigenvalue weighted by atomic mass is 10.2. The Morgan fingerprint density at radius 1 is 1.16 bits per heavy atom. The first kappa shape index (κ1) is 20.0. The number of halogens is 2. The smallest absolute Gasteiger partial charge is 0.230 e. The molecule has 0 aliphatic carbocycles. The standard InChI is InChI=1S/C19H21Cl2NO2S/c1-13(2)24-15-6-3-5-14(9-15)10-22-19(23)12-25-11-16-17(20)7-4-8-18(16)21/h3-9,13H,10-12H2,1-2H3,(H,22,23). The number of thioether (sulfide) groups is 1. The first-order valence-electron chi connectivity index (χ1n) is 7.98. The zero-order valence-corrected chi connectivity index (χ0v) is 16.5. The Balaban J connectivity index is 1.77. The van der Waals surface area contributed by atoms with Gasteiger partial charge in [-0.25, -0.2) is 0 Å². The van der Waals surface area contributed by atoms with Gasteiger partial charge in [0.15, 0.2) is 0 Å². The van der Waals surface area contributed by atoms with E-state index in [4.69, 9.17) is 27.9 Å². The highest BCUT2D eigenvalue weighted by Gasteiger charge is 2.08. The van der Waals surface area contributed by atoms with Crippen LogP contribution in [0.15, 0.2) is 42.5 Å². The first-order chi connectivity index (χ1) is 12.0. The molecule has 0 atom stereocenters. The molecule has 25 heavy (non-hydrogen) atoms. The Bertz CT molecular complexity index is 702. The van der Waals surface area contributed by atoms with Crippen molar-refractivity contribution in [3.63, 3.8) is 0 Å². The lowest BCUT2D eigenvalue weighted by molar-refractivity contribution is -0.118. The molecule has 0 heterocycles. The molecule has 2 aromatic carbocycles. The van der Waals surface area contributed by atoms with Gasteiger partial charge in [0.05, 0.1) is 11.9 Å². The van der Waals surface area contributed by atoms with Gasteiger partial charge in [-0.3, -0.25) is 4.79 Å². The number of benzene rings is 2. The lowest BCUT2D eigenvalue weighted by Gasteiger charge is -2.11. The Kier molecular flexibility index (Phi) is 7.94. The van der Waals surface area contributed by atoms with Crippen molar-refractivity contribution >= 4 is 40.9 Å². The zero-order valence-electron chi connectivity index (χ0n) is 14.2. The van der Waals surface area contributed by atoms with Gasteiger partial charge in [-0.05, 0) is 49.2 Å². The highest BCUT2D eigenvalue weighted by Crippen LogP contribution is 2.28. The van der Waals surface area contributed by atoms with E-state index in [9.17, 15) is 4.79 Å². The van der Waals surface area contributed by atoms with Crippen molar-refractivity contribution in [2.24, 2.45) is 0 Å². The van der Waals surface area contributed by atoms with Crippen LogP contribution < -0.4 is 10.1 Å². The van der Waals surface area contributed by atoms with E-state index in [0.717, 1.165) is 16.9 Å². The lowest BCUT2D eigenvalue weighted by Crippen LogP contribution is -2.24. The van der Waals surface area contributed by atoms with Gasteiger partial charge in [0, 0.05) is 22.3 Å². The van der Waals surface area contributed by atoms with Crippen molar-refractivity contribution in [2.75, 3.05) is 5.75 Å². The SMILES string of the molecule is CC(C)Oc1cccc(CNC(=O)CSCc2c(Cl)cccc2Cl)c1. The predicted octanol–water partition coefficient (Wildman–Crippen LogP) is 5.33. The monoisotopic (exact) mass is 397 g/mol. The largest absolute Gasteiger partial charge is 0.491 e. The molecule has 0 bridgehead atoms. The van der Waals surface area contributed by atoms with Crippen LogP contribution in [0.1, 0.15) is 25.0 Å². The molecule has 6 heteroatoms. The van der Waals surface area contributed by atoms with E-state index in [1.807, 2.05) is 44.2 Å². The van der Waals surface area contributed by atoms with E-state index in [1.54, 1.807) is 12.1 Å². The van der Waals surface area contributed by atoms with Gasteiger partial charge in [-0.2, -0.15) is 0 Å². The molecular formula is C19H21Cl2NO2S. The van der Waals surface area contributed by atoms with E-state index in [-0.39, 0.29) is 12.0 Å². The van der Waals surface area contributed by atoms with Crippen molar-refractivity contribution in [3.8, 4) is 5.75 Å². The molecule has 0 unspecified atom stereocenters. The minimum absolute atomic E-state index is 0.0247. The molecule has 0 fully saturated rings. The average molecular weight is 398 g/mol. The fraction of sp³-hybridized carbons (Fsp3) is 0.316. The summed E-state index contributed by atoms with van der Waals surface area (Å²) in [7, 11) is 0. The molecule has 0 aliphatic heterocycles. The second-order valence-corrected chi connectivity index (χ2v) is 7.58. The Labute approximate surface area is 163 Å². The fourth-order valence-corrected chi connectivity index (χ4v) is 3.76. The highest BCUT2D eigenvalue weighted by molar-refractivity contribution is 7.99. The second kappa shape index (κ2) is 9.95. The maximum Gasteiger partial charge on any atom is 0.230 e. The van der Waals surface area contributed by atoms with Crippen LogP contribution in [0.2, 0.25) is 10.0 Å². The molecule has 0 saturated carbocycles. The maximum absolute atomic E-state index is 12.0. The third kappa shape index (κ3) is 6.81. The van der Waals surface area contributed by atoms with Crippen LogP contribution in [-0.2, 0) is 17.1 Å². The quantitative estimate of drug-likeness (QED) is 0.653. The van der Waals surface area contributed by atoms with Crippen LogP contribution in [-0.4, -0.2) is 17.8 Å². The summed E-state index contributed by atoms with van der Waals surface area (Å²) in [5, 5.41) is 4.17. The molecular weight excluding hydrogens is 377 g/mol. The molecule has 1 N–H and O–H groups in total. The average Bonchev–Trinajstić information content (AvgIpc) is 2.55. The Morgan fingerprint density at radius 3 is 2.52 bits per heavy atom. The van der Waals surface area contributed by atoms with Crippen LogP contribution in [0.3, 0.4) is 0 Å². The third-order valence-corrected chi connectivity index (χ3v) is 4.97. The van der Waals surface area contributed by atoms with Crippen molar-refractivity contribution in [1.29, 1.82) is 0 Å². The Morgan fingerprint density at radius 2 is 1.84 bits per heavy atom. The van der Waals surface area contributed by atoms with Crippen molar-refractivity contribution in [2.45, 2.75) is 32.2 Å². The molecule has 0 radical (unpaired) electrons. The van der Waals surface area contributed by atoms with Crippen LogP contribution in [0.25, 0.3) is 0 Å². The molecule has 0 aromatic heterocycles. The molecule has 1 amide bonds. The summed E-state index contributed by atoms with van der Waals surface area (Å²) >= 11 is 13.7. The molecule has 2 rings (SSSR count). The molecule has 0 saturated heterocycles. The predicted molar refractivity (Wildman–Crippen MR) is 107 cm³/mol. The Hall–Kier alpha value is -1.36. The molecule has 0 aliphatic rings. The number of ether oxygens (including phenoxy) is 1. The summed E-state index contributed by atoms with van der Waals surface area (Å²) in [6.07, 6.45) is 0.123. The molecule has 134 valence electrons. The number of carbonyl (C=O) groups is 1. The number of hydrogen-bond donors (Lipinski definition) is 1. The normalized spacial score (nSPS) is 10.8. The molecule has 0 spiro atoms. The van der Waals surface area contributed by atoms with E-state index >= 15 is 0 Å². The van der Waals surface area contributed by atoms with Gasteiger partial charge in [-0.15, -0.1) is 11.8 Å². The number of nitrogens with one attached hydrogen (secondary N) is 1. The van der Waals surface area contributed by atoms with Gasteiger partial charge in [-0.1, -0.05) is 41.4 Å². The minimum Gasteiger partial charge on any atom is -0.491 e. The van der Waals surface area contributed by atoms with Gasteiger partial charge >= 0.3 is 0 Å². The van der Waals surface area contributed by atoms with Gasteiger partial charge < -0.3 is 10.1 Å². The molecule has 2 aromatic rings. The number of amides is 1. The maximum atomic E-state index is 12.0. The van der Waals surface area contributed by atoms with Crippen LogP contribution in [0, 0.1) is 0 Å². The highest BCUT2D eigenvalue weighted by atomic mass is 35.5. The number of hydrogen-bond acceptors (Lipinski definition) is 3. The molecule has 3 nitrogen and oxygen atoms in total. The van der Waals surface area contributed by atoms with Crippen LogP contribution >= 0.6 is 35.0 Å². The summed E-state index contributed by atoms with van der Waals surface area (Å²) < 4.78 is 5.66. The van der Waals surface area contributed by atoms with Crippen molar-refractivity contribution in [1.82, 2.24) is 5.32 Å². The summed E-state index contributed by atoms with van der Waals surface area (Å²) in [6, 6.07) is 13.1. The summed E-state index contributed by atoms with van der Waals surface area (Å²) in [4.78, 5) is 12.0. The van der Waals surface area contributed by atoms with Crippen molar-refractivity contribution in [3.05, 3.63) is 63.6 Å². The van der Waals surface area contributed by atoms with Gasteiger partial charge in [0.25, 0.3) is 0 Å². The van der Waals surface area contributed by atoms with Crippen LogP contribution in [0.5, 0.6) is 5.75 Å². The number of carbonyl (C=O) groups excluding carboxylic acids is 1. The number of rotatable bonds is 8. The zero-order chi connectivity index (χ0) is 18.2. The third-order valence-electron chi connectivity index (χ3n) is 3.30. The summed E-state index contributed by atoms with van der Waals surface area (Å²) in [6.45, 7) is 4.44. The van der Waals surface area contributed by atoms with E-state index in [1.165, 1.54) is 11.8 Å². The van der Waals surface area contributed by atoms with E-state index in [0.29, 0.717) is 28.1 Å². The summed E-state index contributed by atoms with van der Waals surface area (Å²) in [5.74, 6) is 1.74. The van der Waals surface area contributed by atoms with Gasteiger partial charge in [0.1, 0.15) is 5.75 Å². The van der Waals surface area contributed by atoms with Crippen LogP contribution in [0.4, 0.5) is 0 Å².